The molecular weight excluding hydrogens is 350 g/mol. The number of benzene rings is 2. The molecule has 0 spiro atoms. The van der Waals surface area contributed by atoms with E-state index < -0.39 is 0 Å². The van der Waals surface area contributed by atoms with Crippen LogP contribution in [0.15, 0.2) is 48.5 Å². The lowest BCUT2D eigenvalue weighted by atomic mass is 10.0. The van der Waals surface area contributed by atoms with Crippen molar-refractivity contribution in [3.05, 3.63) is 54.1 Å². The largest absolute Gasteiger partial charge is 0.497 e. The van der Waals surface area contributed by atoms with Gasteiger partial charge in [-0.25, -0.2) is 4.98 Å². The number of aromatic nitrogens is 2. The summed E-state index contributed by atoms with van der Waals surface area (Å²) < 4.78 is 11.1. The first-order valence-corrected chi connectivity index (χ1v) is 9.58. The molecule has 0 fully saturated rings. The van der Waals surface area contributed by atoms with Crippen LogP contribution < -0.4 is 15.2 Å². The van der Waals surface area contributed by atoms with Gasteiger partial charge < -0.3 is 20.2 Å². The predicted octanol–water partition coefficient (Wildman–Crippen LogP) is 4.68. The first kappa shape index (κ1) is 18.3. The molecule has 5 nitrogen and oxygen atoms in total. The molecule has 144 valence electrons. The quantitative estimate of drug-likeness (QED) is 0.460. The fourth-order valence-corrected chi connectivity index (χ4v) is 3.72. The summed E-state index contributed by atoms with van der Waals surface area (Å²) in [6.07, 6.45) is 2.94. The molecule has 2 aromatic heterocycles. The molecule has 0 aliphatic heterocycles. The van der Waals surface area contributed by atoms with Crippen LogP contribution in [0.4, 0.5) is 0 Å². The molecule has 0 saturated carbocycles. The molecular formula is C23H25N3O2. The number of ether oxygens (including phenoxy) is 2. The highest BCUT2D eigenvalue weighted by atomic mass is 16.5. The molecule has 0 bridgehead atoms. The lowest BCUT2D eigenvalue weighted by Gasteiger charge is -2.10. The zero-order valence-electron chi connectivity index (χ0n) is 16.3. The van der Waals surface area contributed by atoms with Crippen molar-refractivity contribution in [3.63, 3.8) is 0 Å². The molecule has 4 aromatic rings. The fourth-order valence-electron chi connectivity index (χ4n) is 3.72. The lowest BCUT2D eigenvalue weighted by Crippen LogP contribution is -2.00. The van der Waals surface area contributed by atoms with Crippen LogP contribution in [0.2, 0.25) is 0 Å². The molecule has 0 amide bonds. The van der Waals surface area contributed by atoms with Crippen LogP contribution >= 0.6 is 0 Å². The first-order chi connectivity index (χ1) is 13.7. The molecule has 0 atom stereocenters. The Hall–Kier alpha value is -3.05. The van der Waals surface area contributed by atoms with E-state index in [1.807, 2.05) is 36.4 Å². The Kier molecular flexibility index (Phi) is 5.17. The van der Waals surface area contributed by atoms with Crippen LogP contribution in [-0.4, -0.2) is 30.7 Å². The Bertz CT molecular complexity index is 1120. The number of unbranched alkanes of at least 4 members (excludes halogenated alkanes) is 1. The topological polar surface area (TPSA) is 73.2 Å². The summed E-state index contributed by atoms with van der Waals surface area (Å²) in [5.74, 6) is 1.67. The Morgan fingerprint density at radius 3 is 2.61 bits per heavy atom. The molecule has 5 heteroatoms. The van der Waals surface area contributed by atoms with E-state index in [2.05, 4.69) is 17.1 Å². The maximum atomic E-state index is 5.72. The standard InChI is InChI=1S/C23H25N3O2/c1-27-15-10-11-20-18(13-15)16(7-5-6-12-24)23(26-20)21-14-22(28-2)17-8-3-4-9-19(17)25-21/h3-4,8-11,13-14,26H,5-7,12,24H2,1-2H3. The highest BCUT2D eigenvalue weighted by Gasteiger charge is 2.17. The van der Waals surface area contributed by atoms with Gasteiger partial charge >= 0.3 is 0 Å². The number of pyridine rings is 1. The smallest absolute Gasteiger partial charge is 0.130 e. The highest BCUT2D eigenvalue weighted by Crippen LogP contribution is 2.36. The van der Waals surface area contributed by atoms with Gasteiger partial charge in [0.2, 0.25) is 0 Å². The first-order valence-electron chi connectivity index (χ1n) is 9.58. The van der Waals surface area contributed by atoms with Crippen LogP contribution in [0.5, 0.6) is 11.5 Å². The van der Waals surface area contributed by atoms with Gasteiger partial charge in [0.05, 0.1) is 31.1 Å². The number of methoxy groups -OCH3 is 2. The monoisotopic (exact) mass is 375 g/mol. The average Bonchev–Trinajstić information content (AvgIpc) is 3.10. The molecule has 2 aromatic carbocycles. The molecule has 0 radical (unpaired) electrons. The number of nitrogens with two attached hydrogens (primary N) is 1. The van der Waals surface area contributed by atoms with Gasteiger partial charge in [-0.2, -0.15) is 0 Å². The van der Waals surface area contributed by atoms with Crippen molar-refractivity contribution in [1.82, 2.24) is 9.97 Å². The number of hydrogen-bond acceptors (Lipinski definition) is 4. The molecule has 3 N–H and O–H groups in total. The molecule has 0 saturated heterocycles. The van der Waals surface area contributed by atoms with Crippen molar-refractivity contribution < 1.29 is 9.47 Å². The van der Waals surface area contributed by atoms with E-state index >= 15 is 0 Å². The Labute approximate surface area is 164 Å². The number of hydrogen-bond donors (Lipinski definition) is 2. The average molecular weight is 375 g/mol. The molecule has 0 unspecified atom stereocenters. The van der Waals surface area contributed by atoms with Gasteiger partial charge in [-0.05, 0) is 61.7 Å². The van der Waals surface area contributed by atoms with Gasteiger partial charge in [0.15, 0.2) is 0 Å². The van der Waals surface area contributed by atoms with Crippen molar-refractivity contribution in [2.75, 3.05) is 20.8 Å². The maximum absolute atomic E-state index is 5.72. The number of fused-ring (bicyclic) bond motifs is 2. The van der Waals surface area contributed by atoms with E-state index in [0.29, 0.717) is 6.54 Å². The van der Waals surface area contributed by atoms with Crippen LogP contribution in [0, 0.1) is 0 Å². The van der Waals surface area contributed by atoms with E-state index in [4.69, 9.17) is 20.2 Å². The second kappa shape index (κ2) is 7.90. The summed E-state index contributed by atoms with van der Waals surface area (Å²) in [5, 5.41) is 2.18. The van der Waals surface area contributed by atoms with E-state index in [9.17, 15) is 0 Å². The number of rotatable bonds is 7. The van der Waals surface area contributed by atoms with E-state index in [0.717, 1.165) is 58.6 Å². The third-order valence-corrected chi connectivity index (χ3v) is 5.15. The van der Waals surface area contributed by atoms with Gasteiger partial charge in [0.1, 0.15) is 11.5 Å². The van der Waals surface area contributed by atoms with Crippen LogP contribution in [-0.2, 0) is 6.42 Å². The fraction of sp³-hybridized carbons (Fsp3) is 0.261. The van der Waals surface area contributed by atoms with Crippen molar-refractivity contribution in [2.45, 2.75) is 19.3 Å². The molecule has 0 aliphatic carbocycles. The number of aryl methyl sites for hydroxylation is 1. The third-order valence-electron chi connectivity index (χ3n) is 5.15. The van der Waals surface area contributed by atoms with Crippen molar-refractivity contribution in [1.29, 1.82) is 0 Å². The van der Waals surface area contributed by atoms with Crippen LogP contribution in [0.3, 0.4) is 0 Å². The van der Waals surface area contributed by atoms with Crippen molar-refractivity contribution >= 4 is 21.8 Å². The van der Waals surface area contributed by atoms with Crippen molar-refractivity contribution in [2.24, 2.45) is 5.73 Å². The number of nitrogens with one attached hydrogen (secondary N) is 1. The number of aromatic amines is 1. The van der Waals surface area contributed by atoms with Gasteiger partial charge in [-0.3, -0.25) is 0 Å². The summed E-state index contributed by atoms with van der Waals surface area (Å²) in [6.45, 7) is 0.697. The SMILES string of the molecule is COc1ccc2[nH]c(-c3cc(OC)c4ccccc4n3)c(CCCCN)c2c1. The summed E-state index contributed by atoms with van der Waals surface area (Å²) in [5.41, 5.74) is 10.9. The second-order valence-corrected chi connectivity index (χ2v) is 6.86. The molecule has 0 aliphatic rings. The molecule has 28 heavy (non-hydrogen) atoms. The minimum Gasteiger partial charge on any atom is -0.497 e. The normalized spacial score (nSPS) is 11.2. The summed E-state index contributed by atoms with van der Waals surface area (Å²) in [6, 6.07) is 16.2. The highest BCUT2D eigenvalue weighted by molar-refractivity contribution is 5.93. The maximum Gasteiger partial charge on any atom is 0.130 e. The summed E-state index contributed by atoms with van der Waals surface area (Å²) in [7, 11) is 3.39. The number of H-pyrrole nitrogens is 1. The summed E-state index contributed by atoms with van der Waals surface area (Å²) >= 11 is 0. The molecule has 4 rings (SSSR count). The Morgan fingerprint density at radius 2 is 1.82 bits per heavy atom. The Morgan fingerprint density at radius 1 is 0.964 bits per heavy atom. The third kappa shape index (κ3) is 3.29. The van der Waals surface area contributed by atoms with Crippen LogP contribution in [0.1, 0.15) is 18.4 Å². The predicted molar refractivity (Wildman–Crippen MR) is 114 cm³/mol. The van der Waals surface area contributed by atoms with Gasteiger partial charge in [-0.15, -0.1) is 0 Å². The lowest BCUT2D eigenvalue weighted by molar-refractivity contribution is 0.415. The second-order valence-electron chi connectivity index (χ2n) is 6.86. The summed E-state index contributed by atoms with van der Waals surface area (Å²) in [4.78, 5) is 8.48. The van der Waals surface area contributed by atoms with Crippen molar-refractivity contribution in [3.8, 4) is 22.9 Å². The van der Waals surface area contributed by atoms with Gasteiger partial charge in [0.25, 0.3) is 0 Å². The number of nitrogens with zero attached hydrogens (tertiary/aromatic N) is 1. The van der Waals surface area contributed by atoms with E-state index in [1.54, 1.807) is 14.2 Å². The zero-order valence-corrected chi connectivity index (χ0v) is 16.3. The minimum atomic E-state index is 0.697. The van der Waals surface area contributed by atoms with Gasteiger partial charge in [-0.1, -0.05) is 12.1 Å². The van der Waals surface area contributed by atoms with E-state index in [-0.39, 0.29) is 0 Å². The Balaban J connectivity index is 1.92. The van der Waals surface area contributed by atoms with E-state index in [1.165, 1.54) is 10.9 Å². The van der Waals surface area contributed by atoms with Crippen LogP contribution in [0.25, 0.3) is 33.2 Å². The minimum absolute atomic E-state index is 0.697. The number of para-hydroxylation sites is 1. The zero-order chi connectivity index (χ0) is 19.5. The molecule has 2 heterocycles. The van der Waals surface area contributed by atoms with Gasteiger partial charge in [0, 0.05) is 22.4 Å².